The number of nitrogens with zero attached hydrogens (tertiary/aromatic N) is 3. The van der Waals surface area contributed by atoms with Crippen molar-refractivity contribution in [3.8, 4) is 11.5 Å². The molecule has 3 aromatic rings. The van der Waals surface area contributed by atoms with Crippen LogP contribution >= 0.6 is 0 Å². The third-order valence-corrected chi connectivity index (χ3v) is 4.65. The van der Waals surface area contributed by atoms with Crippen molar-refractivity contribution < 1.29 is 9.47 Å². The Morgan fingerprint density at radius 3 is 2.41 bits per heavy atom. The summed E-state index contributed by atoms with van der Waals surface area (Å²) in [6.07, 6.45) is 0. The molecule has 0 atom stereocenters. The zero-order valence-corrected chi connectivity index (χ0v) is 17.7. The average Bonchev–Trinajstić information content (AvgIpc) is 2.72. The molecule has 0 aliphatic carbocycles. The summed E-state index contributed by atoms with van der Waals surface area (Å²) in [5, 5.41) is 3.33. The predicted molar refractivity (Wildman–Crippen MR) is 118 cm³/mol. The lowest BCUT2D eigenvalue weighted by molar-refractivity contribution is 0.354. The standard InChI is InChI=1S/C23H28N4O2/c1-6-27(19-9-7-8-16(2)12-19)22-13-17(3)25-23(26-22)24-15-18-10-11-20(28-4)21(14-18)29-5/h7-14H,6,15H2,1-5H3,(H,24,25,26). The van der Waals surface area contributed by atoms with Gasteiger partial charge in [-0.2, -0.15) is 4.98 Å². The number of anilines is 3. The molecule has 2 aromatic carbocycles. The minimum absolute atomic E-state index is 0.583. The Balaban J connectivity index is 1.82. The Hall–Kier alpha value is -3.28. The lowest BCUT2D eigenvalue weighted by atomic mass is 10.2. The number of ether oxygens (including phenoxy) is 2. The smallest absolute Gasteiger partial charge is 0.225 e. The van der Waals surface area contributed by atoms with Gasteiger partial charge in [0.1, 0.15) is 5.82 Å². The van der Waals surface area contributed by atoms with Crippen LogP contribution in [0.15, 0.2) is 48.5 Å². The normalized spacial score (nSPS) is 10.5. The first-order chi connectivity index (χ1) is 14.0. The van der Waals surface area contributed by atoms with E-state index in [0.717, 1.165) is 29.3 Å². The molecule has 0 saturated heterocycles. The first kappa shape index (κ1) is 20.5. The van der Waals surface area contributed by atoms with Crippen molar-refractivity contribution >= 4 is 17.5 Å². The lowest BCUT2D eigenvalue weighted by Gasteiger charge is -2.23. The van der Waals surface area contributed by atoms with E-state index in [1.165, 1.54) is 5.56 Å². The van der Waals surface area contributed by atoms with Gasteiger partial charge in [0.2, 0.25) is 5.95 Å². The first-order valence-corrected chi connectivity index (χ1v) is 9.68. The van der Waals surface area contributed by atoms with Crippen molar-refractivity contribution in [3.63, 3.8) is 0 Å². The fraction of sp³-hybridized carbons (Fsp3) is 0.304. The van der Waals surface area contributed by atoms with Gasteiger partial charge in [0, 0.05) is 30.5 Å². The molecule has 1 heterocycles. The van der Waals surface area contributed by atoms with Gasteiger partial charge in [0.25, 0.3) is 0 Å². The van der Waals surface area contributed by atoms with Crippen molar-refractivity contribution in [2.45, 2.75) is 27.3 Å². The summed E-state index contributed by atoms with van der Waals surface area (Å²) in [7, 11) is 3.27. The maximum Gasteiger partial charge on any atom is 0.225 e. The van der Waals surface area contributed by atoms with E-state index in [0.29, 0.717) is 24.0 Å². The monoisotopic (exact) mass is 392 g/mol. The largest absolute Gasteiger partial charge is 0.493 e. The second-order valence-corrected chi connectivity index (χ2v) is 6.82. The Labute approximate surface area is 172 Å². The van der Waals surface area contributed by atoms with Crippen LogP contribution in [0.25, 0.3) is 0 Å². The van der Waals surface area contributed by atoms with Crippen molar-refractivity contribution in [1.29, 1.82) is 0 Å². The summed E-state index contributed by atoms with van der Waals surface area (Å²) in [5.41, 5.74) is 4.31. The van der Waals surface area contributed by atoms with E-state index in [1.807, 2.05) is 31.2 Å². The molecule has 1 N–H and O–H groups in total. The van der Waals surface area contributed by atoms with Crippen LogP contribution < -0.4 is 19.7 Å². The molecule has 0 aliphatic heterocycles. The second kappa shape index (κ2) is 9.28. The highest BCUT2D eigenvalue weighted by Crippen LogP contribution is 2.28. The Morgan fingerprint density at radius 2 is 1.72 bits per heavy atom. The summed E-state index contributed by atoms with van der Waals surface area (Å²) < 4.78 is 10.7. The van der Waals surface area contributed by atoms with Crippen LogP contribution in [0.3, 0.4) is 0 Å². The van der Waals surface area contributed by atoms with Crippen LogP contribution in [0.2, 0.25) is 0 Å². The fourth-order valence-electron chi connectivity index (χ4n) is 3.21. The van der Waals surface area contributed by atoms with Gasteiger partial charge in [-0.15, -0.1) is 0 Å². The molecule has 0 aliphatic rings. The van der Waals surface area contributed by atoms with Crippen molar-refractivity contribution in [3.05, 3.63) is 65.4 Å². The van der Waals surface area contributed by atoms with Crippen LogP contribution in [-0.2, 0) is 6.54 Å². The van der Waals surface area contributed by atoms with E-state index in [-0.39, 0.29) is 0 Å². The minimum atomic E-state index is 0.583. The van der Waals surface area contributed by atoms with Gasteiger partial charge >= 0.3 is 0 Å². The SMILES string of the molecule is CCN(c1cccc(C)c1)c1cc(C)nc(NCc2ccc(OC)c(OC)c2)n1. The molecule has 1 aromatic heterocycles. The van der Waals surface area contributed by atoms with E-state index in [9.17, 15) is 0 Å². The fourth-order valence-corrected chi connectivity index (χ4v) is 3.21. The summed E-state index contributed by atoms with van der Waals surface area (Å²) in [5.74, 6) is 2.89. The Kier molecular flexibility index (Phi) is 6.54. The summed E-state index contributed by atoms with van der Waals surface area (Å²) in [4.78, 5) is 11.5. The zero-order valence-electron chi connectivity index (χ0n) is 17.7. The first-order valence-electron chi connectivity index (χ1n) is 9.68. The third kappa shape index (κ3) is 4.96. The van der Waals surface area contributed by atoms with Gasteiger partial charge in [-0.3, -0.25) is 0 Å². The zero-order chi connectivity index (χ0) is 20.8. The minimum Gasteiger partial charge on any atom is -0.493 e. The number of nitrogens with one attached hydrogen (secondary N) is 1. The topological polar surface area (TPSA) is 59.5 Å². The molecule has 3 rings (SSSR count). The highest BCUT2D eigenvalue weighted by Gasteiger charge is 2.12. The Morgan fingerprint density at radius 1 is 0.931 bits per heavy atom. The number of aryl methyl sites for hydroxylation is 2. The van der Waals surface area contributed by atoms with E-state index in [4.69, 9.17) is 14.5 Å². The molecule has 0 bridgehead atoms. The number of benzene rings is 2. The van der Waals surface area contributed by atoms with Crippen molar-refractivity contribution in [2.24, 2.45) is 0 Å². The molecule has 0 amide bonds. The molecule has 0 unspecified atom stereocenters. The number of rotatable bonds is 8. The second-order valence-electron chi connectivity index (χ2n) is 6.82. The third-order valence-electron chi connectivity index (χ3n) is 4.65. The van der Waals surface area contributed by atoms with Gasteiger partial charge in [0.15, 0.2) is 11.5 Å². The van der Waals surface area contributed by atoms with Crippen LogP contribution in [0.5, 0.6) is 11.5 Å². The van der Waals surface area contributed by atoms with Crippen molar-refractivity contribution in [2.75, 3.05) is 31.0 Å². The molecule has 29 heavy (non-hydrogen) atoms. The van der Waals surface area contributed by atoms with Gasteiger partial charge < -0.3 is 19.7 Å². The molecule has 152 valence electrons. The van der Waals surface area contributed by atoms with Crippen LogP contribution in [-0.4, -0.2) is 30.7 Å². The lowest BCUT2D eigenvalue weighted by Crippen LogP contribution is -2.19. The maximum atomic E-state index is 5.38. The van der Waals surface area contributed by atoms with Gasteiger partial charge in [0.05, 0.1) is 14.2 Å². The van der Waals surface area contributed by atoms with E-state index < -0.39 is 0 Å². The van der Waals surface area contributed by atoms with Gasteiger partial charge in [-0.1, -0.05) is 18.2 Å². The maximum absolute atomic E-state index is 5.38. The average molecular weight is 393 g/mol. The van der Waals surface area contributed by atoms with Crippen LogP contribution in [0.4, 0.5) is 17.5 Å². The van der Waals surface area contributed by atoms with Crippen LogP contribution in [0.1, 0.15) is 23.7 Å². The van der Waals surface area contributed by atoms with Gasteiger partial charge in [-0.25, -0.2) is 4.98 Å². The quantitative estimate of drug-likeness (QED) is 0.589. The molecule has 6 nitrogen and oxygen atoms in total. The Bertz CT molecular complexity index is 975. The van der Waals surface area contributed by atoms with E-state index in [1.54, 1.807) is 14.2 Å². The number of aromatic nitrogens is 2. The molecule has 0 saturated carbocycles. The molecule has 0 fully saturated rings. The number of methoxy groups -OCH3 is 2. The summed E-state index contributed by atoms with van der Waals surface area (Å²) in [6.45, 7) is 7.60. The van der Waals surface area contributed by atoms with Crippen LogP contribution in [0, 0.1) is 13.8 Å². The van der Waals surface area contributed by atoms with E-state index in [2.05, 4.69) is 53.3 Å². The summed E-state index contributed by atoms with van der Waals surface area (Å²) in [6, 6.07) is 16.3. The molecule has 6 heteroatoms. The predicted octanol–water partition coefficient (Wildman–Crippen LogP) is 4.88. The molecular weight excluding hydrogens is 364 g/mol. The summed E-state index contributed by atoms with van der Waals surface area (Å²) >= 11 is 0. The highest BCUT2D eigenvalue weighted by atomic mass is 16.5. The molecule has 0 radical (unpaired) electrons. The molecule has 0 spiro atoms. The van der Waals surface area contributed by atoms with Crippen molar-refractivity contribution in [1.82, 2.24) is 9.97 Å². The number of hydrogen-bond acceptors (Lipinski definition) is 6. The molecular formula is C23H28N4O2. The van der Waals surface area contributed by atoms with Gasteiger partial charge in [-0.05, 0) is 56.2 Å². The highest BCUT2D eigenvalue weighted by molar-refractivity contribution is 5.62. The van der Waals surface area contributed by atoms with E-state index >= 15 is 0 Å². The number of hydrogen-bond donors (Lipinski definition) is 1.